The minimum Gasteiger partial charge on any atom is -0.389 e. The summed E-state index contributed by atoms with van der Waals surface area (Å²) in [6, 6.07) is 8.64. The molecule has 0 amide bonds. The Labute approximate surface area is 134 Å². The van der Waals surface area contributed by atoms with Crippen LogP contribution in [0, 0.1) is 0 Å². The molecule has 1 aromatic carbocycles. The Morgan fingerprint density at radius 2 is 1.82 bits per heavy atom. The van der Waals surface area contributed by atoms with E-state index in [1.807, 2.05) is 0 Å². The van der Waals surface area contributed by atoms with Gasteiger partial charge in [0.05, 0.1) is 18.8 Å². The molecule has 1 saturated carbocycles. The summed E-state index contributed by atoms with van der Waals surface area (Å²) in [7, 11) is 0. The van der Waals surface area contributed by atoms with Gasteiger partial charge in [-0.1, -0.05) is 49.9 Å². The largest absolute Gasteiger partial charge is 0.389 e. The number of hydrogen-bond acceptors (Lipinski definition) is 3. The Balaban J connectivity index is 1.41. The maximum Gasteiger partial charge on any atom is 0.0900 e. The Morgan fingerprint density at radius 1 is 1.09 bits per heavy atom. The first-order valence-corrected chi connectivity index (χ1v) is 8.90. The molecule has 1 aliphatic heterocycles. The molecule has 0 saturated heterocycles. The fraction of sp³-hybridized carbons (Fsp3) is 0.684. The first-order valence-electron chi connectivity index (χ1n) is 8.90. The Morgan fingerprint density at radius 3 is 2.59 bits per heavy atom. The highest BCUT2D eigenvalue weighted by molar-refractivity contribution is 5.29. The molecule has 0 bridgehead atoms. The first-order chi connectivity index (χ1) is 10.8. The van der Waals surface area contributed by atoms with Gasteiger partial charge < -0.3 is 9.84 Å². The van der Waals surface area contributed by atoms with E-state index in [0.717, 1.165) is 26.1 Å². The van der Waals surface area contributed by atoms with Gasteiger partial charge in [-0.25, -0.2) is 0 Å². The Hall–Kier alpha value is -0.900. The van der Waals surface area contributed by atoms with Crippen molar-refractivity contribution < 1.29 is 9.84 Å². The number of benzene rings is 1. The van der Waals surface area contributed by atoms with Crippen LogP contribution in [-0.4, -0.2) is 41.9 Å². The van der Waals surface area contributed by atoms with Crippen molar-refractivity contribution in [2.24, 2.45) is 0 Å². The van der Waals surface area contributed by atoms with Crippen LogP contribution in [0.1, 0.15) is 49.7 Å². The smallest absolute Gasteiger partial charge is 0.0900 e. The van der Waals surface area contributed by atoms with Crippen LogP contribution in [0.25, 0.3) is 0 Å². The number of aliphatic hydroxyl groups is 1. The third-order valence-corrected chi connectivity index (χ3v) is 5.01. The minimum atomic E-state index is -0.367. The zero-order valence-electron chi connectivity index (χ0n) is 13.5. The average molecular weight is 303 g/mol. The number of rotatable bonds is 5. The maximum atomic E-state index is 10.3. The van der Waals surface area contributed by atoms with E-state index >= 15 is 0 Å². The van der Waals surface area contributed by atoms with Crippen molar-refractivity contribution in [2.75, 3.05) is 19.7 Å². The van der Waals surface area contributed by atoms with Crippen LogP contribution in [0.3, 0.4) is 0 Å². The summed E-state index contributed by atoms with van der Waals surface area (Å²) < 4.78 is 5.96. The molecule has 0 aromatic heterocycles. The van der Waals surface area contributed by atoms with Gasteiger partial charge in [-0.15, -0.1) is 0 Å². The highest BCUT2D eigenvalue weighted by Gasteiger charge is 2.20. The topological polar surface area (TPSA) is 32.7 Å². The van der Waals surface area contributed by atoms with Crippen LogP contribution in [0.2, 0.25) is 0 Å². The molecule has 1 aromatic rings. The molecule has 122 valence electrons. The van der Waals surface area contributed by atoms with E-state index in [0.29, 0.717) is 12.7 Å². The fourth-order valence-electron chi connectivity index (χ4n) is 3.72. The SMILES string of the molecule is OC(COC1CCCCCC1)CN1CCc2ccccc2C1. The molecule has 0 spiro atoms. The third-order valence-electron chi connectivity index (χ3n) is 5.01. The quantitative estimate of drug-likeness (QED) is 0.848. The fourth-order valence-corrected chi connectivity index (χ4v) is 3.72. The van der Waals surface area contributed by atoms with Crippen molar-refractivity contribution in [2.45, 2.75) is 63.7 Å². The lowest BCUT2D eigenvalue weighted by Crippen LogP contribution is -2.38. The van der Waals surface area contributed by atoms with E-state index in [-0.39, 0.29) is 6.10 Å². The van der Waals surface area contributed by atoms with Gasteiger partial charge in [0.25, 0.3) is 0 Å². The molecule has 1 N–H and O–H groups in total. The number of aliphatic hydroxyl groups excluding tert-OH is 1. The van der Waals surface area contributed by atoms with Crippen LogP contribution in [0.5, 0.6) is 0 Å². The lowest BCUT2D eigenvalue weighted by Gasteiger charge is -2.30. The molecule has 3 nitrogen and oxygen atoms in total. The zero-order valence-corrected chi connectivity index (χ0v) is 13.5. The first kappa shape index (κ1) is 16.0. The Bertz CT molecular complexity index is 455. The summed E-state index contributed by atoms with van der Waals surface area (Å²) in [5, 5.41) is 10.3. The van der Waals surface area contributed by atoms with Crippen LogP contribution >= 0.6 is 0 Å². The average Bonchev–Trinajstić information content (AvgIpc) is 2.81. The number of hydrogen-bond donors (Lipinski definition) is 1. The molecule has 1 unspecified atom stereocenters. The van der Waals surface area contributed by atoms with Gasteiger partial charge in [0.15, 0.2) is 0 Å². The minimum absolute atomic E-state index is 0.367. The van der Waals surface area contributed by atoms with E-state index in [1.165, 1.54) is 49.7 Å². The molecule has 1 atom stereocenters. The number of β-amino-alcohol motifs (C(OH)–C–C–N with tert-alkyl or cyclic N) is 1. The zero-order chi connectivity index (χ0) is 15.2. The predicted octanol–water partition coefficient (Wildman–Crippen LogP) is 3.15. The lowest BCUT2D eigenvalue weighted by molar-refractivity contribution is -0.0272. The third kappa shape index (κ3) is 4.55. The second kappa shape index (κ2) is 8.09. The second-order valence-corrected chi connectivity index (χ2v) is 6.85. The van der Waals surface area contributed by atoms with Gasteiger partial charge >= 0.3 is 0 Å². The normalized spacial score (nSPS) is 22.0. The van der Waals surface area contributed by atoms with E-state index < -0.39 is 0 Å². The van der Waals surface area contributed by atoms with Crippen molar-refractivity contribution in [3.05, 3.63) is 35.4 Å². The number of ether oxygens (including phenoxy) is 1. The summed E-state index contributed by atoms with van der Waals surface area (Å²) in [5.74, 6) is 0. The van der Waals surface area contributed by atoms with Gasteiger partial charge in [0.2, 0.25) is 0 Å². The summed E-state index contributed by atoms with van der Waals surface area (Å²) in [6.07, 6.45) is 8.69. The molecular formula is C19H29NO2. The van der Waals surface area contributed by atoms with Crippen molar-refractivity contribution in [1.82, 2.24) is 4.90 Å². The molecule has 2 aliphatic rings. The maximum absolute atomic E-state index is 10.3. The van der Waals surface area contributed by atoms with Crippen LogP contribution in [0.15, 0.2) is 24.3 Å². The van der Waals surface area contributed by atoms with E-state index in [9.17, 15) is 5.11 Å². The molecule has 0 radical (unpaired) electrons. The van der Waals surface area contributed by atoms with E-state index in [1.54, 1.807) is 0 Å². The number of fused-ring (bicyclic) bond motifs is 1. The van der Waals surface area contributed by atoms with Gasteiger partial charge in [0, 0.05) is 19.6 Å². The van der Waals surface area contributed by atoms with Crippen LogP contribution in [-0.2, 0) is 17.7 Å². The molecule has 22 heavy (non-hydrogen) atoms. The van der Waals surface area contributed by atoms with Gasteiger partial charge in [-0.05, 0) is 30.4 Å². The van der Waals surface area contributed by atoms with Crippen molar-refractivity contribution in [3.63, 3.8) is 0 Å². The molecule has 1 fully saturated rings. The molecule has 3 rings (SSSR count). The molecular weight excluding hydrogens is 274 g/mol. The molecule has 1 heterocycles. The highest BCUT2D eigenvalue weighted by Crippen LogP contribution is 2.21. The predicted molar refractivity (Wildman–Crippen MR) is 88.9 cm³/mol. The van der Waals surface area contributed by atoms with Crippen molar-refractivity contribution in [1.29, 1.82) is 0 Å². The van der Waals surface area contributed by atoms with Crippen molar-refractivity contribution >= 4 is 0 Å². The van der Waals surface area contributed by atoms with Gasteiger partial charge in [-0.3, -0.25) is 4.90 Å². The molecule has 3 heteroatoms. The highest BCUT2D eigenvalue weighted by atomic mass is 16.5. The summed E-state index contributed by atoms with van der Waals surface area (Å²) >= 11 is 0. The standard InChI is InChI=1S/C19H29NO2/c21-18(15-22-19-9-3-1-2-4-10-19)14-20-12-11-16-7-5-6-8-17(16)13-20/h5-8,18-19,21H,1-4,9-15H2. The number of nitrogens with zero attached hydrogens (tertiary/aromatic N) is 1. The second-order valence-electron chi connectivity index (χ2n) is 6.85. The van der Waals surface area contributed by atoms with Gasteiger partial charge in [0.1, 0.15) is 0 Å². The summed E-state index contributed by atoms with van der Waals surface area (Å²) in [4.78, 5) is 2.35. The monoisotopic (exact) mass is 303 g/mol. The van der Waals surface area contributed by atoms with Crippen molar-refractivity contribution in [3.8, 4) is 0 Å². The summed E-state index contributed by atoms with van der Waals surface area (Å²) in [5.41, 5.74) is 2.87. The van der Waals surface area contributed by atoms with E-state index in [2.05, 4.69) is 29.2 Å². The lowest BCUT2D eigenvalue weighted by atomic mass is 10.00. The summed E-state index contributed by atoms with van der Waals surface area (Å²) in [6.45, 7) is 3.21. The van der Waals surface area contributed by atoms with E-state index in [4.69, 9.17) is 4.74 Å². The Kier molecular flexibility index (Phi) is 5.88. The van der Waals surface area contributed by atoms with Crippen LogP contribution in [0.4, 0.5) is 0 Å². The van der Waals surface area contributed by atoms with Crippen LogP contribution < -0.4 is 0 Å². The molecule has 1 aliphatic carbocycles. The van der Waals surface area contributed by atoms with Gasteiger partial charge in [-0.2, -0.15) is 0 Å².